The first-order valence-electron chi connectivity index (χ1n) is 11.4. The van der Waals surface area contributed by atoms with Gasteiger partial charge in [-0.3, -0.25) is 0 Å². The van der Waals surface area contributed by atoms with Crippen molar-refractivity contribution >= 4 is 9.84 Å². The molecular weight excluding hydrogens is 410 g/mol. The highest BCUT2D eigenvalue weighted by Gasteiger charge is 2.21. The third-order valence-electron chi connectivity index (χ3n) is 5.47. The van der Waals surface area contributed by atoms with Crippen molar-refractivity contribution in [2.24, 2.45) is 0 Å². The van der Waals surface area contributed by atoms with Crippen LogP contribution < -0.4 is 5.32 Å². The molecule has 2 aromatic rings. The van der Waals surface area contributed by atoms with Crippen molar-refractivity contribution < 1.29 is 12.8 Å². The lowest BCUT2D eigenvalue weighted by molar-refractivity contribution is 0.277. The van der Waals surface area contributed by atoms with E-state index in [2.05, 4.69) is 29.0 Å². The number of nitrogens with zero attached hydrogens (tertiary/aromatic N) is 2. The summed E-state index contributed by atoms with van der Waals surface area (Å²) >= 11 is 0. The second kappa shape index (κ2) is 12.4. The summed E-state index contributed by atoms with van der Waals surface area (Å²) in [6.45, 7) is 14.2. The second-order valence-electron chi connectivity index (χ2n) is 8.44. The van der Waals surface area contributed by atoms with Crippen molar-refractivity contribution in [3.63, 3.8) is 0 Å². The first kappa shape index (κ1) is 25.6. The molecule has 174 valence electrons. The quantitative estimate of drug-likeness (QED) is 0.432. The van der Waals surface area contributed by atoms with Crippen LogP contribution in [0.2, 0.25) is 0 Å². The van der Waals surface area contributed by atoms with Gasteiger partial charge in [0.1, 0.15) is 5.76 Å². The number of aryl methyl sites for hydroxylation is 2. The van der Waals surface area contributed by atoms with E-state index in [-0.39, 0.29) is 17.5 Å². The largest absolute Gasteiger partial charge is 0.441 e. The molecule has 0 fully saturated rings. The van der Waals surface area contributed by atoms with E-state index < -0.39 is 9.84 Å². The lowest BCUT2D eigenvalue weighted by Gasteiger charge is -2.21. The van der Waals surface area contributed by atoms with Crippen LogP contribution in [-0.2, 0) is 15.6 Å². The Hall–Kier alpha value is -1.70. The highest BCUT2D eigenvalue weighted by atomic mass is 32.2. The number of sulfone groups is 1. The minimum absolute atomic E-state index is 0.0898. The summed E-state index contributed by atoms with van der Waals surface area (Å²) < 4.78 is 31.2. The van der Waals surface area contributed by atoms with Crippen LogP contribution in [0, 0.1) is 13.8 Å². The molecule has 0 aliphatic carbocycles. The number of hydrogen-bond donors (Lipinski definition) is 1. The van der Waals surface area contributed by atoms with Crippen LogP contribution in [0.25, 0.3) is 11.5 Å². The van der Waals surface area contributed by atoms with Crippen molar-refractivity contribution in [2.45, 2.75) is 65.7 Å². The molecule has 0 aliphatic heterocycles. The van der Waals surface area contributed by atoms with Crippen LogP contribution in [0.3, 0.4) is 0 Å². The standard InChI is InChI=1S/C24H39N3O3S/c1-6-8-15-27(7-2)16-9-14-25-20(4)17-31(28,29)18-23-21(5)30-24(26-23)22-12-10-19(3)11-13-22/h10-13,20,25H,6-9,14-18H2,1-5H3. The van der Waals surface area contributed by atoms with Crippen LogP contribution in [0.15, 0.2) is 28.7 Å². The summed E-state index contributed by atoms with van der Waals surface area (Å²) in [5.74, 6) is 1.02. The highest BCUT2D eigenvalue weighted by molar-refractivity contribution is 7.90. The molecule has 6 nitrogen and oxygen atoms in total. The summed E-state index contributed by atoms with van der Waals surface area (Å²) in [5, 5.41) is 3.36. The molecular formula is C24H39N3O3S. The van der Waals surface area contributed by atoms with Gasteiger partial charge in [0, 0.05) is 11.6 Å². The van der Waals surface area contributed by atoms with Gasteiger partial charge < -0.3 is 14.6 Å². The van der Waals surface area contributed by atoms with Crippen molar-refractivity contribution in [2.75, 3.05) is 31.9 Å². The fourth-order valence-corrected chi connectivity index (χ4v) is 5.23. The molecule has 0 spiro atoms. The van der Waals surface area contributed by atoms with Crippen LogP contribution >= 0.6 is 0 Å². The predicted molar refractivity (Wildman–Crippen MR) is 128 cm³/mol. The second-order valence-corrected chi connectivity index (χ2v) is 10.5. The Kier molecular flexibility index (Phi) is 10.2. The third kappa shape index (κ3) is 8.75. The molecule has 0 bridgehead atoms. The Morgan fingerprint density at radius 3 is 2.42 bits per heavy atom. The molecule has 1 atom stereocenters. The zero-order valence-corrected chi connectivity index (χ0v) is 20.6. The van der Waals surface area contributed by atoms with Gasteiger partial charge in [-0.1, -0.05) is 38.0 Å². The summed E-state index contributed by atoms with van der Waals surface area (Å²) in [6.07, 6.45) is 3.45. The van der Waals surface area contributed by atoms with E-state index in [1.807, 2.05) is 38.1 Å². The van der Waals surface area contributed by atoms with Crippen LogP contribution in [0.5, 0.6) is 0 Å². The molecule has 1 heterocycles. The maximum Gasteiger partial charge on any atom is 0.226 e. The van der Waals surface area contributed by atoms with Gasteiger partial charge in [0.25, 0.3) is 0 Å². The molecule has 2 rings (SSSR count). The number of oxazole rings is 1. The van der Waals surface area contributed by atoms with Gasteiger partial charge in [-0.25, -0.2) is 13.4 Å². The maximum atomic E-state index is 12.7. The first-order chi connectivity index (χ1) is 14.7. The number of aromatic nitrogens is 1. The monoisotopic (exact) mass is 449 g/mol. The summed E-state index contributed by atoms with van der Waals surface area (Å²) in [5.41, 5.74) is 2.50. The number of nitrogens with one attached hydrogen (secondary N) is 1. The Morgan fingerprint density at radius 1 is 1.10 bits per heavy atom. The Bertz CT molecular complexity index is 891. The smallest absolute Gasteiger partial charge is 0.226 e. The molecule has 0 saturated carbocycles. The van der Waals surface area contributed by atoms with E-state index in [0.29, 0.717) is 17.3 Å². The minimum Gasteiger partial charge on any atom is -0.441 e. The van der Waals surface area contributed by atoms with Gasteiger partial charge in [0.15, 0.2) is 9.84 Å². The number of rotatable bonds is 14. The molecule has 0 saturated heterocycles. The Morgan fingerprint density at radius 2 is 1.77 bits per heavy atom. The van der Waals surface area contributed by atoms with Crippen molar-refractivity contribution in [3.8, 4) is 11.5 Å². The Balaban J connectivity index is 1.84. The molecule has 1 aromatic carbocycles. The summed E-state index contributed by atoms with van der Waals surface area (Å²) in [6, 6.07) is 7.75. The van der Waals surface area contributed by atoms with Gasteiger partial charge >= 0.3 is 0 Å². The summed E-state index contributed by atoms with van der Waals surface area (Å²) in [7, 11) is -3.30. The highest BCUT2D eigenvalue weighted by Crippen LogP contribution is 2.23. The predicted octanol–water partition coefficient (Wildman–Crippen LogP) is 4.36. The van der Waals surface area contributed by atoms with Crippen molar-refractivity contribution in [3.05, 3.63) is 41.3 Å². The lowest BCUT2D eigenvalue weighted by Crippen LogP contribution is -2.36. The van der Waals surface area contributed by atoms with E-state index >= 15 is 0 Å². The lowest BCUT2D eigenvalue weighted by atomic mass is 10.1. The number of hydrogen-bond acceptors (Lipinski definition) is 6. The van der Waals surface area contributed by atoms with Gasteiger partial charge in [0.05, 0.1) is 17.2 Å². The van der Waals surface area contributed by atoms with E-state index in [0.717, 1.165) is 43.7 Å². The van der Waals surface area contributed by atoms with Crippen molar-refractivity contribution in [1.82, 2.24) is 15.2 Å². The maximum absolute atomic E-state index is 12.7. The zero-order valence-electron chi connectivity index (χ0n) is 19.8. The zero-order chi connectivity index (χ0) is 22.9. The van der Waals surface area contributed by atoms with Crippen molar-refractivity contribution in [1.29, 1.82) is 0 Å². The summed E-state index contributed by atoms with van der Waals surface area (Å²) in [4.78, 5) is 6.91. The van der Waals surface area contributed by atoms with E-state index in [4.69, 9.17) is 4.42 Å². The molecule has 0 amide bonds. The number of unbranched alkanes of at least 4 members (excludes halogenated alkanes) is 1. The van der Waals surface area contributed by atoms with E-state index in [1.54, 1.807) is 6.92 Å². The van der Waals surface area contributed by atoms with Gasteiger partial charge in [0.2, 0.25) is 5.89 Å². The fourth-order valence-electron chi connectivity index (χ4n) is 3.55. The first-order valence-corrected chi connectivity index (χ1v) is 13.3. The van der Waals surface area contributed by atoms with Gasteiger partial charge in [-0.15, -0.1) is 0 Å². The SMILES string of the molecule is CCCCN(CC)CCCNC(C)CS(=O)(=O)Cc1nc(-c2ccc(C)cc2)oc1C. The van der Waals surface area contributed by atoms with E-state index in [9.17, 15) is 8.42 Å². The average Bonchev–Trinajstić information content (AvgIpc) is 3.07. The van der Waals surface area contributed by atoms with Gasteiger partial charge in [-0.2, -0.15) is 0 Å². The molecule has 7 heteroatoms. The molecule has 1 aromatic heterocycles. The topological polar surface area (TPSA) is 75.4 Å². The molecule has 0 radical (unpaired) electrons. The molecule has 31 heavy (non-hydrogen) atoms. The van der Waals surface area contributed by atoms with E-state index in [1.165, 1.54) is 12.8 Å². The van der Waals surface area contributed by atoms with Gasteiger partial charge in [-0.05, 0) is 71.9 Å². The van der Waals surface area contributed by atoms with Crippen LogP contribution in [0.4, 0.5) is 0 Å². The average molecular weight is 450 g/mol. The Labute approximate surface area is 188 Å². The third-order valence-corrected chi connectivity index (χ3v) is 7.19. The normalized spacial score (nSPS) is 13.1. The molecule has 1 N–H and O–H groups in total. The minimum atomic E-state index is -3.30. The number of benzene rings is 1. The molecule has 1 unspecified atom stereocenters. The fraction of sp³-hybridized carbons (Fsp3) is 0.625. The van der Waals surface area contributed by atoms with Crippen LogP contribution in [-0.4, -0.2) is 56.3 Å². The molecule has 0 aliphatic rings. The van der Waals surface area contributed by atoms with Crippen LogP contribution in [0.1, 0.15) is 57.1 Å².